The minimum atomic E-state index is -0.331. The standard InChI is InChI=1S/C17H24N4OS/c1-3-8-21-11-13(12(2)19-21)10-20-9-4-5-14(20)15-6-7-16(23-15)17(18)22/h6-7,11,14H,3-5,8-10H2,1-2H3,(H2,18,22)/t14-/m1/s1. The second-order valence-corrected chi connectivity index (χ2v) is 7.31. The fourth-order valence-corrected chi connectivity index (χ4v) is 4.31. The number of thiophene rings is 1. The maximum absolute atomic E-state index is 11.3. The van der Waals surface area contributed by atoms with Crippen LogP contribution < -0.4 is 5.73 Å². The number of nitrogens with two attached hydrogens (primary N) is 1. The SMILES string of the molecule is CCCn1cc(CN2CCC[C@@H]2c2ccc(C(N)=O)s2)c(C)n1. The molecule has 6 heteroatoms. The summed E-state index contributed by atoms with van der Waals surface area (Å²) in [4.78, 5) is 15.7. The number of primary amides is 1. The number of aryl methyl sites for hydroxylation is 2. The highest BCUT2D eigenvalue weighted by Gasteiger charge is 2.28. The van der Waals surface area contributed by atoms with Gasteiger partial charge in [0.2, 0.25) is 0 Å². The number of carbonyl (C=O) groups excluding carboxylic acids is 1. The second kappa shape index (κ2) is 6.84. The Morgan fingerprint density at radius 3 is 3.00 bits per heavy atom. The first-order chi connectivity index (χ1) is 11.1. The van der Waals surface area contributed by atoms with Gasteiger partial charge in [-0.2, -0.15) is 5.10 Å². The number of rotatable bonds is 6. The normalized spacial score (nSPS) is 18.6. The Balaban J connectivity index is 1.75. The van der Waals surface area contributed by atoms with Crippen molar-refractivity contribution in [1.29, 1.82) is 0 Å². The van der Waals surface area contributed by atoms with E-state index < -0.39 is 0 Å². The number of aromatic nitrogens is 2. The molecule has 0 aliphatic carbocycles. The van der Waals surface area contributed by atoms with Gasteiger partial charge in [0, 0.05) is 35.8 Å². The van der Waals surface area contributed by atoms with Gasteiger partial charge in [-0.15, -0.1) is 11.3 Å². The van der Waals surface area contributed by atoms with Gasteiger partial charge in [0.1, 0.15) is 0 Å². The molecule has 1 fully saturated rings. The molecule has 2 aromatic heterocycles. The molecule has 124 valence electrons. The van der Waals surface area contributed by atoms with Crippen LogP contribution in [0.4, 0.5) is 0 Å². The van der Waals surface area contributed by atoms with E-state index in [2.05, 4.69) is 36.1 Å². The van der Waals surface area contributed by atoms with Crippen molar-refractivity contribution in [2.45, 2.75) is 52.2 Å². The molecule has 1 saturated heterocycles. The Morgan fingerprint density at radius 1 is 1.48 bits per heavy atom. The third-order valence-corrected chi connectivity index (χ3v) is 5.64. The Morgan fingerprint density at radius 2 is 2.30 bits per heavy atom. The van der Waals surface area contributed by atoms with Crippen LogP contribution in [0.5, 0.6) is 0 Å². The molecule has 1 amide bonds. The molecule has 3 heterocycles. The molecule has 1 aliphatic rings. The van der Waals surface area contributed by atoms with Gasteiger partial charge in [0.15, 0.2) is 0 Å². The zero-order chi connectivity index (χ0) is 16.4. The lowest BCUT2D eigenvalue weighted by atomic mass is 10.1. The fraction of sp³-hybridized carbons (Fsp3) is 0.529. The monoisotopic (exact) mass is 332 g/mol. The van der Waals surface area contributed by atoms with Gasteiger partial charge in [-0.05, 0) is 44.9 Å². The molecule has 2 aromatic rings. The summed E-state index contributed by atoms with van der Waals surface area (Å²) in [5.41, 5.74) is 7.80. The quantitative estimate of drug-likeness (QED) is 0.884. The third kappa shape index (κ3) is 3.48. The van der Waals surface area contributed by atoms with Crippen LogP contribution in [0.25, 0.3) is 0 Å². The lowest BCUT2D eigenvalue weighted by Crippen LogP contribution is -2.22. The van der Waals surface area contributed by atoms with E-state index in [1.807, 2.05) is 10.7 Å². The number of amides is 1. The predicted octanol–water partition coefficient (Wildman–Crippen LogP) is 3.10. The fourth-order valence-electron chi connectivity index (χ4n) is 3.28. The van der Waals surface area contributed by atoms with Crippen molar-refractivity contribution in [3.63, 3.8) is 0 Å². The average molecular weight is 332 g/mol. The molecule has 23 heavy (non-hydrogen) atoms. The summed E-state index contributed by atoms with van der Waals surface area (Å²) >= 11 is 1.53. The van der Waals surface area contributed by atoms with Crippen molar-refractivity contribution in [3.05, 3.63) is 39.3 Å². The lowest BCUT2D eigenvalue weighted by molar-refractivity contribution is 0.100. The van der Waals surface area contributed by atoms with E-state index in [1.54, 1.807) is 0 Å². The molecule has 0 unspecified atom stereocenters. The topological polar surface area (TPSA) is 64.2 Å². The summed E-state index contributed by atoms with van der Waals surface area (Å²) in [6.07, 6.45) is 5.60. The lowest BCUT2D eigenvalue weighted by Gasteiger charge is -2.23. The van der Waals surface area contributed by atoms with E-state index in [4.69, 9.17) is 5.73 Å². The highest BCUT2D eigenvalue weighted by atomic mass is 32.1. The van der Waals surface area contributed by atoms with Crippen molar-refractivity contribution in [1.82, 2.24) is 14.7 Å². The summed E-state index contributed by atoms with van der Waals surface area (Å²) in [7, 11) is 0. The van der Waals surface area contributed by atoms with E-state index in [0.717, 1.165) is 38.2 Å². The van der Waals surface area contributed by atoms with Gasteiger partial charge in [0.05, 0.1) is 10.6 Å². The number of hydrogen-bond donors (Lipinski definition) is 1. The number of carbonyl (C=O) groups is 1. The summed E-state index contributed by atoms with van der Waals surface area (Å²) in [6.45, 7) is 7.23. The van der Waals surface area contributed by atoms with Crippen LogP contribution in [0.15, 0.2) is 18.3 Å². The van der Waals surface area contributed by atoms with E-state index in [-0.39, 0.29) is 5.91 Å². The van der Waals surface area contributed by atoms with Gasteiger partial charge in [-0.1, -0.05) is 6.92 Å². The van der Waals surface area contributed by atoms with Crippen LogP contribution in [-0.2, 0) is 13.1 Å². The van der Waals surface area contributed by atoms with Gasteiger partial charge in [-0.25, -0.2) is 0 Å². The molecule has 2 N–H and O–H groups in total. The minimum Gasteiger partial charge on any atom is -0.365 e. The molecular formula is C17H24N4OS. The molecule has 5 nitrogen and oxygen atoms in total. The number of likely N-dealkylation sites (tertiary alicyclic amines) is 1. The van der Waals surface area contributed by atoms with Crippen molar-refractivity contribution >= 4 is 17.2 Å². The van der Waals surface area contributed by atoms with Crippen molar-refractivity contribution < 1.29 is 4.79 Å². The third-order valence-electron chi connectivity index (χ3n) is 4.44. The molecule has 0 aromatic carbocycles. The van der Waals surface area contributed by atoms with Crippen LogP contribution >= 0.6 is 11.3 Å². The Hall–Kier alpha value is -1.66. The maximum Gasteiger partial charge on any atom is 0.258 e. The summed E-state index contributed by atoms with van der Waals surface area (Å²) in [5, 5.41) is 4.60. The van der Waals surface area contributed by atoms with E-state index in [1.165, 1.54) is 28.2 Å². The highest BCUT2D eigenvalue weighted by molar-refractivity contribution is 7.14. The molecule has 3 rings (SSSR count). The van der Waals surface area contributed by atoms with E-state index >= 15 is 0 Å². The summed E-state index contributed by atoms with van der Waals surface area (Å²) in [6, 6.07) is 4.30. The van der Waals surface area contributed by atoms with Crippen molar-refractivity contribution in [2.75, 3.05) is 6.54 Å². The zero-order valence-corrected chi connectivity index (χ0v) is 14.6. The Labute approximate surface area is 141 Å². The largest absolute Gasteiger partial charge is 0.365 e. The van der Waals surface area contributed by atoms with Gasteiger partial charge in [-0.3, -0.25) is 14.4 Å². The Bertz CT molecular complexity index is 691. The highest BCUT2D eigenvalue weighted by Crippen LogP contribution is 2.37. The Kier molecular flexibility index (Phi) is 4.82. The van der Waals surface area contributed by atoms with Crippen molar-refractivity contribution in [2.24, 2.45) is 5.73 Å². The molecular weight excluding hydrogens is 308 g/mol. The minimum absolute atomic E-state index is 0.331. The van der Waals surface area contributed by atoms with Crippen molar-refractivity contribution in [3.8, 4) is 0 Å². The molecule has 1 aliphatic heterocycles. The van der Waals surface area contributed by atoms with Gasteiger partial charge < -0.3 is 5.73 Å². The predicted molar refractivity (Wildman–Crippen MR) is 92.5 cm³/mol. The zero-order valence-electron chi connectivity index (χ0n) is 13.8. The first-order valence-electron chi connectivity index (χ1n) is 8.25. The van der Waals surface area contributed by atoms with Crippen LogP contribution in [0, 0.1) is 6.92 Å². The van der Waals surface area contributed by atoms with Crippen LogP contribution in [0.2, 0.25) is 0 Å². The molecule has 0 saturated carbocycles. The van der Waals surface area contributed by atoms with Gasteiger partial charge in [0.25, 0.3) is 5.91 Å². The average Bonchev–Trinajstić information content (AvgIpc) is 3.20. The first kappa shape index (κ1) is 16.2. The van der Waals surface area contributed by atoms with Gasteiger partial charge >= 0.3 is 0 Å². The van der Waals surface area contributed by atoms with Crippen LogP contribution in [-0.4, -0.2) is 27.1 Å². The maximum atomic E-state index is 11.3. The molecule has 0 bridgehead atoms. The molecule has 0 radical (unpaired) electrons. The van der Waals surface area contributed by atoms with Crippen LogP contribution in [0.3, 0.4) is 0 Å². The smallest absolute Gasteiger partial charge is 0.258 e. The van der Waals surface area contributed by atoms with E-state index in [9.17, 15) is 4.79 Å². The van der Waals surface area contributed by atoms with E-state index in [0.29, 0.717) is 10.9 Å². The van der Waals surface area contributed by atoms with Crippen LogP contribution in [0.1, 0.15) is 58.0 Å². The number of nitrogens with zero attached hydrogens (tertiary/aromatic N) is 3. The summed E-state index contributed by atoms with van der Waals surface area (Å²) < 4.78 is 2.05. The second-order valence-electron chi connectivity index (χ2n) is 6.20. The first-order valence-corrected chi connectivity index (χ1v) is 9.06. The molecule has 0 spiro atoms. The summed E-state index contributed by atoms with van der Waals surface area (Å²) in [5.74, 6) is -0.331. The number of hydrogen-bond acceptors (Lipinski definition) is 4. The molecule has 1 atom stereocenters.